The van der Waals surface area contributed by atoms with Crippen molar-refractivity contribution in [3.63, 3.8) is 0 Å². The second kappa shape index (κ2) is 3.08. The molecule has 0 radical (unpaired) electrons. The molecule has 0 saturated carbocycles. The number of aryl methyl sites for hydroxylation is 1. The standard InChI is InChI=1S/C11H13NO2/c1-7(13)8-3-4-10-9(11(8)14)5-6-12(10)2/h5-6,8H,3-4H2,1-2H3. The zero-order valence-electron chi connectivity index (χ0n) is 8.41. The summed E-state index contributed by atoms with van der Waals surface area (Å²) in [4.78, 5) is 23.0. The molecule has 2 rings (SSSR count). The van der Waals surface area contributed by atoms with E-state index in [1.54, 1.807) is 0 Å². The maximum Gasteiger partial charge on any atom is 0.175 e. The second-order valence-electron chi connectivity index (χ2n) is 3.85. The van der Waals surface area contributed by atoms with Crippen LogP contribution >= 0.6 is 0 Å². The van der Waals surface area contributed by atoms with Crippen molar-refractivity contribution in [3.8, 4) is 0 Å². The van der Waals surface area contributed by atoms with Gasteiger partial charge in [0.1, 0.15) is 5.78 Å². The van der Waals surface area contributed by atoms with Crippen molar-refractivity contribution in [1.29, 1.82) is 0 Å². The summed E-state index contributed by atoms with van der Waals surface area (Å²) in [6, 6.07) is 1.81. The van der Waals surface area contributed by atoms with Crippen molar-refractivity contribution in [3.05, 3.63) is 23.5 Å². The maximum atomic E-state index is 11.8. The van der Waals surface area contributed by atoms with E-state index < -0.39 is 5.92 Å². The Kier molecular flexibility index (Phi) is 2.02. The zero-order valence-corrected chi connectivity index (χ0v) is 8.41. The van der Waals surface area contributed by atoms with Crippen LogP contribution in [-0.2, 0) is 18.3 Å². The molecule has 1 aromatic rings. The predicted octanol–water partition coefficient (Wildman–Crippen LogP) is 1.36. The fourth-order valence-corrected chi connectivity index (χ4v) is 2.09. The van der Waals surface area contributed by atoms with Crippen molar-refractivity contribution < 1.29 is 9.59 Å². The van der Waals surface area contributed by atoms with Gasteiger partial charge in [0.2, 0.25) is 0 Å². The van der Waals surface area contributed by atoms with E-state index in [1.165, 1.54) is 6.92 Å². The third kappa shape index (κ3) is 1.20. The van der Waals surface area contributed by atoms with Gasteiger partial charge >= 0.3 is 0 Å². The van der Waals surface area contributed by atoms with E-state index in [1.807, 2.05) is 23.9 Å². The summed E-state index contributed by atoms with van der Waals surface area (Å²) >= 11 is 0. The Morgan fingerprint density at radius 3 is 2.93 bits per heavy atom. The summed E-state index contributed by atoms with van der Waals surface area (Å²) in [6.07, 6.45) is 3.37. The lowest BCUT2D eigenvalue weighted by molar-refractivity contribution is -0.119. The lowest BCUT2D eigenvalue weighted by atomic mass is 9.84. The summed E-state index contributed by atoms with van der Waals surface area (Å²) in [5, 5.41) is 0. The molecule has 14 heavy (non-hydrogen) atoms. The van der Waals surface area contributed by atoms with Gasteiger partial charge in [0.15, 0.2) is 5.78 Å². The van der Waals surface area contributed by atoms with Gasteiger partial charge in [-0.05, 0) is 25.8 Å². The molecule has 0 fully saturated rings. The summed E-state index contributed by atoms with van der Waals surface area (Å²) in [5.74, 6) is -0.409. The topological polar surface area (TPSA) is 39.1 Å². The molecular weight excluding hydrogens is 178 g/mol. The highest BCUT2D eigenvalue weighted by atomic mass is 16.1. The number of carbonyl (C=O) groups is 2. The first kappa shape index (κ1) is 9.19. The van der Waals surface area contributed by atoms with Gasteiger partial charge in [-0.3, -0.25) is 9.59 Å². The minimum absolute atomic E-state index is 0.000602. The lowest BCUT2D eigenvalue weighted by Crippen LogP contribution is -2.28. The Labute approximate surface area is 82.7 Å². The average Bonchev–Trinajstić information content (AvgIpc) is 2.49. The number of aromatic nitrogens is 1. The number of Topliss-reactive ketones (excluding diaryl/α,β-unsaturated/α-hetero) is 2. The monoisotopic (exact) mass is 191 g/mol. The first-order valence-electron chi connectivity index (χ1n) is 4.80. The van der Waals surface area contributed by atoms with Crippen molar-refractivity contribution in [2.24, 2.45) is 13.0 Å². The number of ketones is 2. The Morgan fingerprint density at radius 2 is 2.29 bits per heavy atom. The summed E-state index contributed by atoms with van der Waals surface area (Å²) in [7, 11) is 1.93. The number of fused-ring (bicyclic) bond motifs is 1. The molecule has 0 aliphatic heterocycles. The highest BCUT2D eigenvalue weighted by Gasteiger charge is 2.31. The van der Waals surface area contributed by atoms with Crippen LogP contribution in [0.5, 0.6) is 0 Å². The smallest absolute Gasteiger partial charge is 0.175 e. The Balaban J connectivity index is 2.42. The van der Waals surface area contributed by atoms with E-state index in [4.69, 9.17) is 0 Å². The normalized spacial score (nSPS) is 20.7. The molecule has 1 unspecified atom stereocenters. The van der Waals surface area contributed by atoms with Crippen LogP contribution in [-0.4, -0.2) is 16.1 Å². The maximum absolute atomic E-state index is 11.8. The largest absolute Gasteiger partial charge is 0.354 e. The van der Waals surface area contributed by atoms with E-state index in [0.717, 1.165) is 17.7 Å². The van der Waals surface area contributed by atoms with E-state index in [-0.39, 0.29) is 11.6 Å². The highest BCUT2D eigenvalue weighted by molar-refractivity contribution is 6.11. The quantitative estimate of drug-likeness (QED) is 0.629. The van der Waals surface area contributed by atoms with Crippen molar-refractivity contribution in [2.75, 3.05) is 0 Å². The summed E-state index contributed by atoms with van der Waals surface area (Å²) < 4.78 is 1.96. The SMILES string of the molecule is CC(=O)C1CCc2c(ccn2C)C1=O. The fraction of sp³-hybridized carbons (Fsp3) is 0.455. The van der Waals surface area contributed by atoms with E-state index in [2.05, 4.69) is 0 Å². The molecular formula is C11H13NO2. The minimum atomic E-state index is -0.398. The molecule has 0 amide bonds. The summed E-state index contributed by atoms with van der Waals surface area (Å²) in [5.41, 5.74) is 1.80. The van der Waals surface area contributed by atoms with Gasteiger partial charge in [-0.15, -0.1) is 0 Å². The lowest BCUT2D eigenvalue weighted by Gasteiger charge is -2.19. The number of nitrogens with zero attached hydrogens (tertiary/aromatic N) is 1. The van der Waals surface area contributed by atoms with Gasteiger partial charge in [0.05, 0.1) is 5.92 Å². The van der Waals surface area contributed by atoms with Crippen molar-refractivity contribution >= 4 is 11.6 Å². The number of carbonyl (C=O) groups excluding carboxylic acids is 2. The van der Waals surface area contributed by atoms with Gasteiger partial charge in [0, 0.05) is 24.5 Å². The van der Waals surface area contributed by atoms with Gasteiger partial charge < -0.3 is 4.57 Å². The van der Waals surface area contributed by atoms with Gasteiger partial charge in [-0.25, -0.2) is 0 Å². The molecule has 0 N–H and O–H groups in total. The fourth-order valence-electron chi connectivity index (χ4n) is 2.09. The van der Waals surface area contributed by atoms with E-state index in [0.29, 0.717) is 6.42 Å². The average molecular weight is 191 g/mol. The van der Waals surface area contributed by atoms with Crippen LogP contribution in [0.15, 0.2) is 12.3 Å². The molecule has 3 heteroatoms. The molecule has 0 spiro atoms. The molecule has 1 aromatic heterocycles. The number of hydrogen-bond donors (Lipinski definition) is 0. The third-order valence-electron chi connectivity index (χ3n) is 2.94. The molecule has 1 heterocycles. The van der Waals surface area contributed by atoms with Crippen LogP contribution < -0.4 is 0 Å². The van der Waals surface area contributed by atoms with Gasteiger partial charge in [0.25, 0.3) is 0 Å². The first-order chi connectivity index (χ1) is 6.61. The highest BCUT2D eigenvalue weighted by Crippen LogP contribution is 2.26. The van der Waals surface area contributed by atoms with Crippen molar-refractivity contribution in [2.45, 2.75) is 19.8 Å². The minimum Gasteiger partial charge on any atom is -0.354 e. The molecule has 74 valence electrons. The molecule has 1 atom stereocenters. The van der Waals surface area contributed by atoms with E-state index in [9.17, 15) is 9.59 Å². The number of hydrogen-bond acceptors (Lipinski definition) is 2. The molecule has 1 aliphatic carbocycles. The van der Waals surface area contributed by atoms with Crippen LogP contribution in [0, 0.1) is 5.92 Å². The first-order valence-corrected chi connectivity index (χ1v) is 4.80. The Hall–Kier alpha value is -1.38. The molecule has 0 saturated heterocycles. The predicted molar refractivity (Wildman–Crippen MR) is 52.2 cm³/mol. The zero-order chi connectivity index (χ0) is 10.3. The molecule has 3 nitrogen and oxygen atoms in total. The molecule has 0 bridgehead atoms. The van der Waals surface area contributed by atoms with Crippen LogP contribution in [0.3, 0.4) is 0 Å². The van der Waals surface area contributed by atoms with Crippen LogP contribution in [0.2, 0.25) is 0 Å². The Bertz CT molecular complexity index is 403. The Morgan fingerprint density at radius 1 is 1.57 bits per heavy atom. The molecule has 1 aliphatic rings. The van der Waals surface area contributed by atoms with E-state index >= 15 is 0 Å². The summed E-state index contributed by atoms with van der Waals surface area (Å²) in [6.45, 7) is 1.50. The van der Waals surface area contributed by atoms with Crippen LogP contribution in [0.4, 0.5) is 0 Å². The van der Waals surface area contributed by atoms with Crippen LogP contribution in [0.25, 0.3) is 0 Å². The van der Waals surface area contributed by atoms with Crippen molar-refractivity contribution in [1.82, 2.24) is 4.57 Å². The van der Waals surface area contributed by atoms with Gasteiger partial charge in [-0.1, -0.05) is 0 Å². The third-order valence-corrected chi connectivity index (χ3v) is 2.94. The number of rotatable bonds is 1. The van der Waals surface area contributed by atoms with Crippen LogP contribution in [0.1, 0.15) is 29.4 Å². The molecule has 0 aromatic carbocycles. The second-order valence-corrected chi connectivity index (χ2v) is 3.85. The van der Waals surface area contributed by atoms with Gasteiger partial charge in [-0.2, -0.15) is 0 Å².